The summed E-state index contributed by atoms with van der Waals surface area (Å²) in [6.45, 7) is 0.0286. The Bertz CT molecular complexity index is 683. The molecule has 0 unspecified atom stereocenters. The molecule has 0 atom stereocenters. The summed E-state index contributed by atoms with van der Waals surface area (Å²) in [5, 5.41) is 5.55. The standard InChI is InChI=1S/C16H14N2O3/c19-15(17-12-4-2-1-3-5-12)9-11-6-7-14-13(8-11)18-16(20)10-21-14/h1-8H,9-10H2,(H,17,19)(H,18,20). The number of hydrogen-bond acceptors (Lipinski definition) is 3. The van der Waals surface area contributed by atoms with Gasteiger partial charge in [0, 0.05) is 5.69 Å². The summed E-state index contributed by atoms with van der Waals surface area (Å²) >= 11 is 0. The number of fused-ring (bicyclic) bond motifs is 1. The van der Waals surface area contributed by atoms with Crippen LogP contribution in [0.2, 0.25) is 0 Å². The van der Waals surface area contributed by atoms with Gasteiger partial charge in [0.05, 0.1) is 12.1 Å². The van der Waals surface area contributed by atoms with Crippen molar-refractivity contribution in [2.45, 2.75) is 6.42 Å². The third-order valence-corrected chi connectivity index (χ3v) is 3.10. The highest BCUT2D eigenvalue weighted by atomic mass is 16.5. The molecule has 21 heavy (non-hydrogen) atoms. The first kappa shape index (κ1) is 13.2. The summed E-state index contributed by atoms with van der Waals surface area (Å²) in [4.78, 5) is 23.3. The number of rotatable bonds is 3. The Morgan fingerprint density at radius 2 is 2.00 bits per heavy atom. The van der Waals surface area contributed by atoms with Crippen LogP contribution >= 0.6 is 0 Å². The number of ether oxygens (including phenoxy) is 1. The van der Waals surface area contributed by atoms with E-state index in [4.69, 9.17) is 4.74 Å². The van der Waals surface area contributed by atoms with E-state index >= 15 is 0 Å². The SMILES string of the molecule is O=C(Cc1ccc2c(c1)NC(=O)CO2)Nc1ccccc1. The summed E-state index contributed by atoms with van der Waals surface area (Å²) in [6.07, 6.45) is 0.234. The van der Waals surface area contributed by atoms with Gasteiger partial charge in [-0.25, -0.2) is 0 Å². The van der Waals surface area contributed by atoms with Crippen molar-refractivity contribution < 1.29 is 14.3 Å². The zero-order valence-electron chi connectivity index (χ0n) is 11.3. The maximum Gasteiger partial charge on any atom is 0.262 e. The van der Waals surface area contributed by atoms with Crippen molar-refractivity contribution in [3.05, 3.63) is 54.1 Å². The molecule has 1 aliphatic heterocycles. The topological polar surface area (TPSA) is 67.4 Å². The second-order valence-corrected chi connectivity index (χ2v) is 4.76. The van der Waals surface area contributed by atoms with Gasteiger partial charge in [0.2, 0.25) is 5.91 Å². The summed E-state index contributed by atoms with van der Waals surface area (Å²) in [7, 11) is 0. The summed E-state index contributed by atoms with van der Waals surface area (Å²) in [5.41, 5.74) is 2.18. The summed E-state index contributed by atoms with van der Waals surface area (Å²) < 4.78 is 5.28. The Hall–Kier alpha value is -2.82. The van der Waals surface area contributed by atoms with Crippen LogP contribution in [0.5, 0.6) is 5.75 Å². The number of benzene rings is 2. The van der Waals surface area contributed by atoms with E-state index in [0.29, 0.717) is 11.4 Å². The molecular formula is C16H14N2O3. The molecule has 0 fully saturated rings. The Balaban J connectivity index is 1.69. The van der Waals surface area contributed by atoms with Crippen LogP contribution in [0.15, 0.2) is 48.5 Å². The van der Waals surface area contributed by atoms with E-state index in [-0.39, 0.29) is 24.8 Å². The van der Waals surface area contributed by atoms with Gasteiger partial charge < -0.3 is 15.4 Å². The van der Waals surface area contributed by atoms with E-state index in [1.165, 1.54) is 0 Å². The van der Waals surface area contributed by atoms with Crippen LogP contribution < -0.4 is 15.4 Å². The van der Waals surface area contributed by atoms with Crippen molar-refractivity contribution in [1.82, 2.24) is 0 Å². The third-order valence-electron chi connectivity index (χ3n) is 3.10. The van der Waals surface area contributed by atoms with Gasteiger partial charge in [-0.1, -0.05) is 24.3 Å². The fourth-order valence-electron chi connectivity index (χ4n) is 2.15. The quantitative estimate of drug-likeness (QED) is 0.907. The highest BCUT2D eigenvalue weighted by molar-refractivity contribution is 5.96. The van der Waals surface area contributed by atoms with Gasteiger partial charge in [0.15, 0.2) is 6.61 Å². The Labute approximate surface area is 121 Å². The van der Waals surface area contributed by atoms with E-state index in [1.54, 1.807) is 12.1 Å². The highest BCUT2D eigenvalue weighted by Crippen LogP contribution is 2.28. The molecule has 5 nitrogen and oxygen atoms in total. The fourth-order valence-corrected chi connectivity index (χ4v) is 2.15. The van der Waals surface area contributed by atoms with Gasteiger partial charge in [-0.15, -0.1) is 0 Å². The third kappa shape index (κ3) is 3.20. The van der Waals surface area contributed by atoms with Crippen molar-refractivity contribution in [3.8, 4) is 5.75 Å². The smallest absolute Gasteiger partial charge is 0.262 e. The molecule has 0 saturated heterocycles. The average Bonchev–Trinajstić information content (AvgIpc) is 2.47. The van der Waals surface area contributed by atoms with Gasteiger partial charge in [0.1, 0.15) is 5.75 Å². The van der Waals surface area contributed by atoms with Crippen molar-refractivity contribution in [2.24, 2.45) is 0 Å². The first-order valence-corrected chi connectivity index (χ1v) is 6.61. The zero-order chi connectivity index (χ0) is 14.7. The molecule has 1 heterocycles. The minimum atomic E-state index is -0.187. The van der Waals surface area contributed by atoms with Crippen LogP contribution in [-0.2, 0) is 16.0 Å². The number of amides is 2. The molecule has 2 amide bonds. The van der Waals surface area contributed by atoms with E-state index in [0.717, 1.165) is 11.3 Å². The molecule has 0 spiro atoms. The van der Waals surface area contributed by atoms with Crippen LogP contribution in [-0.4, -0.2) is 18.4 Å². The minimum Gasteiger partial charge on any atom is -0.482 e. The molecule has 2 aromatic rings. The Morgan fingerprint density at radius 1 is 1.19 bits per heavy atom. The Kier molecular flexibility index (Phi) is 3.55. The van der Waals surface area contributed by atoms with Gasteiger partial charge in [-0.05, 0) is 29.8 Å². The van der Waals surface area contributed by atoms with E-state index in [2.05, 4.69) is 10.6 Å². The maximum atomic E-state index is 12.0. The lowest BCUT2D eigenvalue weighted by atomic mass is 10.1. The lowest BCUT2D eigenvalue weighted by molar-refractivity contribution is -0.118. The lowest BCUT2D eigenvalue weighted by Crippen LogP contribution is -2.25. The van der Waals surface area contributed by atoms with E-state index in [9.17, 15) is 9.59 Å². The predicted octanol–water partition coefficient (Wildman–Crippen LogP) is 2.20. The molecule has 0 bridgehead atoms. The molecule has 5 heteroatoms. The molecule has 3 rings (SSSR count). The fraction of sp³-hybridized carbons (Fsp3) is 0.125. The van der Waals surface area contributed by atoms with E-state index in [1.807, 2.05) is 36.4 Å². The molecule has 106 valence electrons. The van der Waals surface area contributed by atoms with Gasteiger partial charge in [-0.3, -0.25) is 9.59 Å². The van der Waals surface area contributed by atoms with Gasteiger partial charge in [-0.2, -0.15) is 0 Å². The minimum absolute atomic E-state index is 0.0286. The van der Waals surface area contributed by atoms with Crippen LogP contribution in [0.25, 0.3) is 0 Å². The molecule has 1 aliphatic rings. The van der Waals surface area contributed by atoms with Crippen molar-refractivity contribution >= 4 is 23.2 Å². The molecular weight excluding hydrogens is 268 g/mol. The Morgan fingerprint density at radius 3 is 2.81 bits per heavy atom. The van der Waals surface area contributed by atoms with Gasteiger partial charge >= 0.3 is 0 Å². The largest absolute Gasteiger partial charge is 0.482 e. The van der Waals surface area contributed by atoms with Gasteiger partial charge in [0.25, 0.3) is 5.91 Å². The average molecular weight is 282 g/mol. The van der Waals surface area contributed by atoms with Crippen molar-refractivity contribution in [1.29, 1.82) is 0 Å². The van der Waals surface area contributed by atoms with Crippen molar-refractivity contribution in [3.63, 3.8) is 0 Å². The van der Waals surface area contributed by atoms with Crippen LogP contribution in [0.3, 0.4) is 0 Å². The highest BCUT2D eigenvalue weighted by Gasteiger charge is 2.16. The second kappa shape index (κ2) is 5.66. The molecule has 2 N–H and O–H groups in total. The summed E-state index contributed by atoms with van der Waals surface area (Å²) in [5.74, 6) is 0.333. The first-order valence-electron chi connectivity index (χ1n) is 6.61. The maximum absolute atomic E-state index is 12.0. The molecule has 0 saturated carbocycles. The lowest BCUT2D eigenvalue weighted by Gasteiger charge is -2.18. The number of anilines is 2. The normalized spacial score (nSPS) is 12.9. The van der Waals surface area contributed by atoms with E-state index < -0.39 is 0 Å². The van der Waals surface area contributed by atoms with Crippen LogP contribution in [0, 0.1) is 0 Å². The number of carbonyl (C=O) groups is 2. The summed E-state index contributed by atoms with van der Waals surface area (Å²) in [6, 6.07) is 14.6. The zero-order valence-corrected chi connectivity index (χ0v) is 11.3. The molecule has 0 radical (unpaired) electrons. The van der Waals surface area contributed by atoms with Crippen LogP contribution in [0.4, 0.5) is 11.4 Å². The first-order chi connectivity index (χ1) is 10.2. The monoisotopic (exact) mass is 282 g/mol. The molecule has 0 aliphatic carbocycles. The molecule has 2 aromatic carbocycles. The van der Waals surface area contributed by atoms with Crippen LogP contribution in [0.1, 0.15) is 5.56 Å². The predicted molar refractivity (Wildman–Crippen MR) is 79.3 cm³/mol. The second-order valence-electron chi connectivity index (χ2n) is 4.76. The number of nitrogens with one attached hydrogen (secondary N) is 2. The van der Waals surface area contributed by atoms with Crippen molar-refractivity contribution in [2.75, 3.05) is 17.2 Å². The number of carbonyl (C=O) groups excluding carboxylic acids is 2. The number of hydrogen-bond donors (Lipinski definition) is 2. The molecule has 0 aromatic heterocycles. The number of para-hydroxylation sites is 1.